The van der Waals surface area contributed by atoms with Crippen LogP contribution in [0.3, 0.4) is 0 Å². The van der Waals surface area contributed by atoms with Gasteiger partial charge >= 0.3 is 0 Å². The Labute approximate surface area is 124 Å². The summed E-state index contributed by atoms with van der Waals surface area (Å²) >= 11 is 3.10. The van der Waals surface area contributed by atoms with Crippen LogP contribution in [0.1, 0.15) is 22.7 Å². The van der Waals surface area contributed by atoms with E-state index in [2.05, 4.69) is 26.2 Å². The molecule has 0 aliphatic rings. The van der Waals surface area contributed by atoms with Crippen molar-refractivity contribution in [1.82, 2.24) is 10.3 Å². The van der Waals surface area contributed by atoms with Crippen LogP contribution in [0, 0.1) is 18.6 Å². The molecule has 0 aliphatic carbocycles. The van der Waals surface area contributed by atoms with Gasteiger partial charge in [0, 0.05) is 11.8 Å². The molecule has 1 unspecified atom stereocenters. The molecule has 3 nitrogen and oxygen atoms in total. The van der Waals surface area contributed by atoms with Gasteiger partial charge in [-0.15, -0.1) is 0 Å². The number of nitrogen functional groups attached to an aromatic ring is 1. The molecule has 2 rings (SSSR count). The minimum atomic E-state index is -0.915. The summed E-state index contributed by atoms with van der Waals surface area (Å²) in [7, 11) is 1.72. The zero-order chi connectivity index (χ0) is 14.9. The Bertz CT molecular complexity index is 647. The molecular weight excluding hydrogens is 328 g/mol. The van der Waals surface area contributed by atoms with Crippen LogP contribution in [0.2, 0.25) is 0 Å². The lowest BCUT2D eigenvalue weighted by Crippen LogP contribution is -2.20. The third kappa shape index (κ3) is 2.66. The van der Waals surface area contributed by atoms with Crippen molar-refractivity contribution in [1.29, 1.82) is 0 Å². The molecule has 0 amide bonds. The summed E-state index contributed by atoms with van der Waals surface area (Å²) in [4.78, 5) is 4.10. The zero-order valence-corrected chi connectivity index (χ0v) is 12.6. The van der Waals surface area contributed by atoms with Crippen molar-refractivity contribution in [3.05, 3.63) is 57.2 Å². The Morgan fingerprint density at radius 3 is 2.65 bits per heavy atom. The second-order valence-corrected chi connectivity index (χ2v) is 5.27. The predicted molar refractivity (Wildman–Crippen MR) is 78.3 cm³/mol. The molecule has 1 aromatic carbocycles. The number of halogens is 3. The van der Waals surface area contributed by atoms with E-state index >= 15 is 0 Å². The molecule has 1 atom stereocenters. The first-order valence-electron chi connectivity index (χ1n) is 5.98. The van der Waals surface area contributed by atoms with Gasteiger partial charge in [-0.05, 0) is 53.2 Å². The summed E-state index contributed by atoms with van der Waals surface area (Å²) in [6.07, 6.45) is 1.66. The van der Waals surface area contributed by atoms with E-state index in [4.69, 9.17) is 5.73 Å². The van der Waals surface area contributed by atoms with E-state index in [0.29, 0.717) is 11.4 Å². The van der Waals surface area contributed by atoms with Gasteiger partial charge in [0.25, 0.3) is 0 Å². The van der Waals surface area contributed by atoms with Crippen molar-refractivity contribution in [3.63, 3.8) is 0 Å². The molecule has 1 aromatic heterocycles. The number of anilines is 1. The fourth-order valence-electron chi connectivity index (χ4n) is 2.08. The summed E-state index contributed by atoms with van der Waals surface area (Å²) in [5.41, 5.74) is 8.11. The van der Waals surface area contributed by atoms with Crippen molar-refractivity contribution in [2.45, 2.75) is 13.0 Å². The van der Waals surface area contributed by atoms with Crippen LogP contribution in [0.4, 0.5) is 14.6 Å². The molecule has 20 heavy (non-hydrogen) atoms. The molecule has 0 saturated carbocycles. The van der Waals surface area contributed by atoms with Crippen LogP contribution in [0.5, 0.6) is 0 Å². The SMILES string of the molecule is CNC(c1cc(C)cnc1N)c1ccc(F)c(F)c1Br. The van der Waals surface area contributed by atoms with Crippen molar-refractivity contribution in [3.8, 4) is 0 Å². The van der Waals surface area contributed by atoms with Gasteiger partial charge in [0.15, 0.2) is 11.6 Å². The highest BCUT2D eigenvalue weighted by Gasteiger charge is 2.21. The lowest BCUT2D eigenvalue weighted by molar-refractivity contribution is 0.499. The highest BCUT2D eigenvalue weighted by atomic mass is 79.9. The van der Waals surface area contributed by atoms with Crippen LogP contribution in [0.25, 0.3) is 0 Å². The minimum absolute atomic E-state index is 0.0813. The molecule has 0 saturated heterocycles. The summed E-state index contributed by atoms with van der Waals surface area (Å²) in [5.74, 6) is -1.46. The van der Waals surface area contributed by atoms with E-state index in [1.165, 1.54) is 6.07 Å². The highest BCUT2D eigenvalue weighted by molar-refractivity contribution is 9.10. The van der Waals surface area contributed by atoms with E-state index in [9.17, 15) is 8.78 Å². The van der Waals surface area contributed by atoms with Crippen LogP contribution >= 0.6 is 15.9 Å². The third-order valence-electron chi connectivity index (χ3n) is 3.06. The number of aromatic nitrogens is 1. The maximum absolute atomic E-state index is 13.7. The second-order valence-electron chi connectivity index (χ2n) is 4.47. The molecule has 3 N–H and O–H groups in total. The van der Waals surface area contributed by atoms with Gasteiger partial charge in [-0.25, -0.2) is 13.8 Å². The standard InChI is InChI=1S/C14H14BrF2N3/c1-7-5-9(14(18)20-6-7)13(19-2)8-3-4-10(16)12(17)11(8)15/h3-6,13,19H,1-2H3,(H2,18,20). The van der Waals surface area contributed by atoms with E-state index in [0.717, 1.165) is 17.2 Å². The molecular formula is C14H14BrF2N3. The molecule has 0 bridgehead atoms. The van der Waals surface area contributed by atoms with E-state index in [1.54, 1.807) is 13.2 Å². The maximum Gasteiger partial charge on any atom is 0.173 e. The first-order valence-corrected chi connectivity index (χ1v) is 6.77. The first kappa shape index (κ1) is 14.9. The fourth-order valence-corrected chi connectivity index (χ4v) is 2.63. The highest BCUT2D eigenvalue weighted by Crippen LogP contribution is 2.33. The maximum atomic E-state index is 13.7. The summed E-state index contributed by atoms with van der Waals surface area (Å²) < 4.78 is 27.0. The number of nitrogens with one attached hydrogen (secondary N) is 1. The average molecular weight is 342 g/mol. The second kappa shape index (κ2) is 5.85. The number of aryl methyl sites for hydroxylation is 1. The number of hydrogen-bond donors (Lipinski definition) is 2. The van der Waals surface area contributed by atoms with Gasteiger partial charge in [-0.1, -0.05) is 6.07 Å². The zero-order valence-electron chi connectivity index (χ0n) is 11.0. The van der Waals surface area contributed by atoms with Gasteiger partial charge in [-0.3, -0.25) is 0 Å². The Morgan fingerprint density at radius 1 is 1.30 bits per heavy atom. The summed E-state index contributed by atoms with van der Waals surface area (Å²) in [6, 6.07) is 4.11. The van der Waals surface area contributed by atoms with Crippen LogP contribution < -0.4 is 11.1 Å². The van der Waals surface area contributed by atoms with Gasteiger partial charge in [-0.2, -0.15) is 0 Å². The van der Waals surface area contributed by atoms with Crippen molar-refractivity contribution < 1.29 is 8.78 Å². The molecule has 0 spiro atoms. The lowest BCUT2D eigenvalue weighted by atomic mass is 9.98. The molecule has 0 fully saturated rings. The summed E-state index contributed by atoms with van der Waals surface area (Å²) in [6.45, 7) is 1.89. The van der Waals surface area contributed by atoms with Crippen molar-refractivity contribution >= 4 is 21.7 Å². The molecule has 106 valence electrons. The smallest absolute Gasteiger partial charge is 0.173 e. The normalized spacial score (nSPS) is 12.4. The summed E-state index contributed by atoms with van der Waals surface area (Å²) in [5, 5.41) is 3.05. The quantitative estimate of drug-likeness (QED) is 0.842. The van der Waals surface area contributed by atoms with Crippen LogP contribution in [-0.2, 0) is 0 Å². The van der Waals surface area contributed by atoms with E-state index < -0.39 is 11.6 Å². The minimum Gasteiger partial charge on any atom is -0.383 e. The Morgan fingerprint density at radius 2 is 2.00 bits per heavy atom. The molecule has 0 aliphatic heterocycles. The average Bonchev–Trinajstić information content (AvgIpc) is 2.43. The van der Waals surface area contributed by atoms with E-state index in [1.807, 2.05) is 13.0 Å². The molecule has 0 radical (unpaired) electrons. The molecule has 6 heteroatoms. The lowest BCUT2D eigenvalue weighted by Gasteiger charge is -2.20. The molecule has 1 heterocycles. The fraction of sp³-hybridized carbons (Fsp3) is 0.214. The van der Waals surface area contributed by atoms with Crippen molar-refractivity contribution in [2.75, 3.05) is 12.8 Å². The predicted octanol–water partition coefficient (Wildman–Crippen LogP) is 3.32. The number of nitrogens with zero attached hydrogens (tertiary/aromatic N) is 1. The first-order chi connectivity index (χ1) is 9.45. The number of benzene rings is 1. The van der Waals surface area contributed by atoms with Crippen LogP contribution in [-0.4, -0.2) is 12.0 Å². The van der Waals surface area contributed by atoms with Gasteiger partial charge in [0.05, 0.1) is 10.5 Å². The topological polar surface area (TPSA) is 50.9 Å². The van der Waals surface area contributed by atoms with Crippen molar-refractivity contribution in [2.24, 2.45) is 0 Å². The van der Waals surface area contributed by atoms with Crippen LogP contribution in [0.15, 0.2) is 28.9 Å². The monoisotopic (exact) mass is 341 g/mol. The third-order valence-corrected chi connectivity index (χ3v) is 3.87. The largest absolute Gasteiger partial charge is 0.383 e. The van der Waals surface area contributed by atoms with Gasteiger partial charge in [0.2, 0.25) is 0 Å². The number of rotatable bonds is 3. The Kier molecular flexibility index (Phi) is 4.35. The Balaban J connectivity index is 2.58. The van der Waals surface area contributed by atoms with Gasteiger partial charge in [0.1, 0.15) is 5.82 Å². The number of hydrogen-bond acceptors (Lipinski definition) is 3. The number of pyridine rings is 1. The Hall–Kier alpha value is -1.53. The number of nitrogens with two attached hydrogens (primary N) is 1. The molecule has 2 aromatic rings. The van der Waals surface area contributed by atoms with Gasteiger partial charge < -0.3 is 11.1 Å². The van der Waals surface area contributed by atoms with E-state index in [-0.39, 0.29) is 10.5 Å².